The van der Waals surface area contributed by atoms with Crippen LogP contribution in [0.3, 0.4) is 0 Å². The molecule has 5 heteroatoms. The van der Waals surface area contributed by atoms with E-state index in [-0.39, 0.29) is 29.5 Å². The van der Waals surface area contributed by atoms with Crippen LogP contribution >= 0.6 is 0 Å². The van der Waals surface area contributed by atoms with Crippen molar-refractivity contribution in [1.29, 1.82) is 0 Å². The van der Waals surface area contributed by atoms with E-state index in [1.807, 2.05) is 13.8 Å². The van der Waals surface area contributed by atoms with Crippen molar-refractivity contribution in [3.05, 3.63) is 0 Å². The van der Waals surface area contributed by atoms with E-state index in [4.69, 9.17) is 0 Å². The summed E-state index contributed by atoms with van der Waals surface area (Å²) in [5, 5.41) is 3.07. The topological polar surface area (TPSA) is 63.2 Å². The third kappa shape index (κ3) is 3.06. The Morgan fingerprint density at radius 2 is 2.07 bits per heavy atom. The van der Waals surface area contributed by atoms with Gasteiger partial charge in [0.1, 0.15) is 6.29 Å². The van der Waals surface area contributed by atoms with Crippen LogP contribution in [0.15, 0.2) is 0 Å². The summed E-state index contributed by atoms with van der Waals surface area (Å²) in [6.45, 7) is 3.88. The van der Waals surface area contributed by atoms with E-state index in [1.165, 1.54) is 0 Å². The van der Waals surface area contributed by atoms with Gasteiger partial charge in [-0.1, -0.05) is 13.8 Å². The molecule has 1 aliphatic heterocycles. The highest BCUT2D eigenvalue weighted by atomic mass is 32.2. The van der Waals surface area contributed by atoms with Gasteiger partial charge in [0.2, 0.25) is 0 Å². The zero-order valence-corrected chi connectivity index (χ0v) is 9.38. The van der Waals surface area contributed by atoms with Crippen molar-refractivity contribution in [1.82, 2.24) is 5.32 Å². The predicted molar refractivity (Wildman–Crippen MR) is 54.9 cm³/mol. The van der Waals surface area contributed by atoms with Crippen molar-refractivity contribution >= 4 is 16.1 Å². The Labute approximate surface area is 85.0 Å². The maximum absolute atomic E-state index is 11.2. The van der Waals surface area contributed by atoms with Gasteiger partial charge in [-0.2, -0.15) is 0 Å². The van der Waals surface area contributed by atoms with Gasteiger partial charge in [0.15, 0.2) is 9.84 Å². The molecular weight excluding hydrogens is 202 g/mol. The molecule has 0 unspecified atom stereocenters. The lowest BCUT2D eigenvalue weighted by molar-refractivity contribution is -0.110. The van der Waals surface area contributed by atoms with Gasteiger partial charge < -0.3 is 10.1 Å². The molecule has 0 spiro atoms. The van der Waals surface area contributed by atoms with E-state index < -0.39 is 9.84 Å². The van der Waals surface area contributed by atoms with Crippen molar-refractivity contribution in [3.8, 4) is 0 Å². The lowest BCUT2D eigenvalue weighted by atomic mass is 10.0. The number of carbonyl (C=O) groups is 1. The summed E-state index contributed by atoms with van der Waals surface area (Å²) in [6.07, 6.45) is 1.48. The molecule has 82 valence electrons. The quantitative estimate of drug-likeness (QED) is 0.675. The lowest BCUT2D eigenvalue weighted by Gasteiger charge is -2.20. The summed E-state index contributed by atoms with van der Waals surface area (Å²) in [6, 6.07) is -0.272. The van der Waals surface area contributed by atoms with E-state index in [9.17, 15) is 13.2 Å². The van der Waals surface area contributed by atoms with Gasteiger partial charge in [-0.05, 0) is 12.3 Å². The second-order valence-corrected chi connectivity index (χ2v) is 6.40. The molecule has 0 aromatic heterocycles. The van der Waals surface area contributed by atoms with Gasteiger partial charge in [0, 0.05) is 6.04 Å². The van der Waals surface area contributed by atoms with Gasteiger partial charge in [0.05, 0.1) is 17.5 Å². The second-order valence-electron chi connectivity index (χ2n) is 4.17. The molecule has 1 rings (SSSR count). The van der Waals surface area contributed by atoms with E-state index in [2.05, 4.69) is 5.32 Å². The molecule has 0 aliphatic carbocycles. The maximum Gasteiger partial charge on any atom is 0.151 e. The summed E-state index contributed by atoms with van der Waals surface area (Å²) in [7, 11) is -2.85. The number of hydrogen-bond acceptors (Lipinski definition) is 4. The number of nitrogens with one attached hydrogen (secondary N) is 1. The second kappa shape index (κ2) is 4.40. The van der Waals surface area contributed by atoms with Crippen LogP contribution in [0.2, 0.25) is 0 Å². The largest absolute Gasteiger partial charge is 0.304 e. The van der Waals surface area contributed by atoms with Crippen LogP contribution in [-0.2, 0) is 14.6 Å². The molecule has 0 amide bonds. The van der Waals surface area contributed by atoms with E-state index in [0.717, 1.165) is 6.29 Å². The van der Waals surface area contributed by atoms with Crippen LogP contribution < -0.4 is 5.32 Å². The first kappa shape index (κ1) is 11.7. The minimum absolute atomic E-state index is 0.0439. The van der Waals surface area contributed by atoms with Gasteiger partial charge in [0.25, 0.3) is 0 Å². The first-order chi connectivity index (χ1) is 6.44. The lowest BCUT2D eigenvalue weighted by Crippen LogP contribution is -2.43. The van der Waals surface area contributed by atoms with E-state index in [0.29, 0.717) is 6.42 Å². The van der Waals surface area contributed by atoms with E-state index in [1.54, 1.807) is 0 Å². The van der Waals surface area contributed by atoms with Gasteiger partial charge >= 0.3 is 0 Å². The van der Waals surface area contributed by atoms with Crippen molar-refractivity contribution in [3.63, 3.8) is 0 Å². The van der Waals surface area contributed by atoms with Crippen molar-refractivity contribution in [2.45, 2.75) is 32.4 Å². The van der Waals surface area contributed by atoms with Gasteiger partial charge in [-0.3, -0.25) is 0 Å². The third-order valence-electron chi connectivity index (χ3n) is 2.53. The number of carbonyl (C=O) groups excluding carboxylic acids is 1. The minimum Gasteiger partial charge on any atom is -0.304 e. The highest BCUT2D eigenvalue weighted by molar-refractivity contribution is 7.91. The Bertz CT molecular complexity index is 297. The Kier molecular flexibility index (Phi) is 3.66. The molecule has 0 aromatic rings. The standard InChI is InChI=1S/C9H17NO3S/c1-7(2)9(5-11)10-8-3-4-14(12,13)6-8/h5,7-10H,3-4,6H2,1-2H3/t8-,9+/m0/s1. The first-order valence-electron chi connectivity index (χ1n) is 4.86. The number of aldehydes is 1. The average Bonchev–Trinajstić information content (AvgIpc) is 2.41. The summed E-state index contributed by atoms with van der Waals surface area (Å²) in [4.78, 5) is 10.7. The molecule has 1 N–H and O–H groups in total. The number of sulfone groups is 1. The molecular formula is C9H17NO3S. The van der Waals surface area contributed by atoms with Crippen LogP contribution in [0.5, 0.6) is 0 Å². The summed E-state index contributed by atoms with van der Waals surface area (Å²) in [5.74, 6) is 0.620. The normalized spacial score (nSPS) is 27.8. The van der Waals surface area contributed by atoms with Crippen molar-refractivity contribution < 1.29 is 13.2 Å². The van der Waals surface area contributed by atoms with Crippen LogP contribution in [0.4, 0.5) is 0 Å². The zero-order valence-electron chi connectivity index (χ0n) is 8.56. The zero-order chi connectivity index (χ0) is 10.8. The molecule has 1 heterocycles. The van der Waals surface area contributed by atoms with Crippen molar-refractivity contribution in [2.24, 2.45) is 5.92 Å². The molecule has 14 heavy (non-hydrogen) atoms. The Hall–Kier alpha value is -0.420. The molecule has 1 aliphatic rings. The summed E-state index contributed by atoms with van der Waals surface area (Å²) < 4.78 is 22.3. The highest BCUT2D eigenvalue weighted by Crippen LogP contribution is 2.13. The maximum atomic E-state index is 11.2. The average molecular weight is 219 g/mol. The number of hydrogen-bond donors (Lipinski definition) is 1. The first-order valence-corrected chi connectivity index (χ1v) is 6.68. The smallest absolute Gasteiger partial charge is 0.151 e. The molecule has 0 bridgehead atoms. The minimum atomic E-state index is -2.85. The molecule has 0 aromatic carbocycles. The van der Waals surface area contributed by atoms with Crippen LogP contribution in [0.25, 0.3) is 0 Å². The fourth-order valence-corrected chi connectivity index (χ4v) is 3.27. The van der Waals surface area contributed by atoms with Gasteiger partial charge in [-0.15, -0.1) is 0 Å². The molecule has 0 radical (unpaired) electrons. The fourth-order valence-electron chi connectivity index (χ4n) is 1.59. The fraction of sp³-hybridized carbons (Fsp3) is 0.889. The number of rotatable bonds is 4. The summed E-state index contributed by atoms with van der Waals surface area (Å²) in [5.41, 5.74) is 0. The molecule has 2 atom stereocenters. The Morgan fingerprint density at radius 1 is 1.43 bits per heavy atom. The SMILES string of the molecule is CC(C)[C@@H](C=O)N[C@H]1CCS(=O)(=O)C1. The predicted octanol–water partition coefficient (Wildman–Crippen LogP) is -0.0134. The van der Waals surface area contributed by atoms with Crippen molar-refractivity contribution in [2.75, 3.05) is 11.5 Å². The molecule has 1 fully saturated rings. The molecule has 1 saturated heterocycles. The summed E-state index contributed by atoms with van der Waals surface area (Å²) >= 11 is 0. The molecule has 4 nitrogen and oxygen atoms in total. The van der Waals surface area contributed by atoms with Crippen LogP contribution in [-0.4, -0.2) is 38.3 Å². The molecule has 0 saturated carbocycles. The van der Waals surface area contributed by atoms with Gasteiger partial charge in [-0.25, -0.2) is 8.42 Å². The Balaban J connectivity index is 2.50. The third-order valence-corrected chi connectivity index (χ3v) is 4.29. The van der Waals surface area contributed by atoms with E-state index >= 15 is 0 Å². The van der Waals surface area contributed by atoms with Crippen LogP contribution in [0, 0.1) is 5.92 Å². The van der Waals surface area contributed by atoms with Crippen LogP contribution in [0.1, 0.15) is 20.3 Å². The highest BCUT2D eigenvalue weighted by Gasteiger charge is 2.29. The Morgan fingerprint density at radius 3 is 2.43 bits per heavy atom. The monoisotopic (exact) mass is 219 g/mol.